The van der Waals surface area contributed by atoms with E-state index < -0.39 is 6.09 Å². The summed E-state index contributed by atoms with van der Waals surface area (Å²) >= 11 is 0. The molecule has 1 aliphatic rings. The van der Waals surface area contributed by atoms with Crippen LogP contribution >= 0.6 is 0 Å². The van der Waals surface area contributed by atoms with E-state index in [4.69, 9.17) is 23.8 Å². The zero-order chi connectivity index (χ0) is 29.1. The van der Waals surface area contributed by atoms with Gasteiger partial charge in [-0.1, -0.05) is 11.2 Å². The number of hydrogen-bond donors (Lipinski definition) is 1. The molecule has 1 amide bonds. The van der Waals surface area contributed by atoms with Crippen molar-refractivity contribution in [1.82, 2.24) is 34.6 Å². The molecule has 216 valence electrons. The minimum absolute atomic E-state index is 0.0333. The number of carboxylic acid groups (broad SMARTS) is 1. The van der Waals surface area contributed by atoms with Gasteiger partial charge in [0.05, 0.1) is 27.1 Å². The Morgan fingerprint density at radius 1 is 1.00 bits per heavy atom. The first-order valence-electron chi connectivity index (χ1n) is 13.4. The predicted octanol–water partition coefficient (Wildman–Crippen LogP) is 4.38. The van der Waals surface area contributed by atoms with Crippen LogP contribution in [-0.2, 0) is 13.2 Å². The Labute approximate surface area is 240 Å². The van der Waals surface area contributed by atoms with Gasteiger partial charge < -0.3 is 33.3 Å². The minimum Gasteiger partial charge on any atom is -0.493 e. The number of amides is 1. The van der Waals surface area contributed by atoms with Gasteiger partial charge in [0.1, 0.15) is 12.1 Å². The summed E-state index contributed by atoms with van der Waals surface area (Å²) in [4.78, 5) is 30.5. The molecular formula is C29H29N7O6. The van der Waals surface area contributed by atoms with Crippen molar-refractivity contribution in [2.45, 2.75) is 31.9 Å². The molecule has 5 aromatic rings. The molecule has 0 unspecified atom stereocenters. The second-order valence-corrected chi connectivity index (χ2v) is 9.92. The summed E-state index contributed by atoms with van der Waals surface area (Å²) in [6.07, 6.45) is 5.55. The fourth-order valence-corrected chi connectivity index (χ4v) is 4.93. The molecule has 5 heterocycles. The van der Waals surface area contributed by atoms with Crippen molar-refractivity contribution in [2.75, 3.05) is 27.3 Å². The Morgan fingerprint density at radius 3 is 2.57 bits per heavy atom. The lowest BCUT2D eigenvalue weighted by atomic mass is 9.97. The lowest BCUT2D eigenvalue weighted by Crippen LogP contribution is -2.36. The van der Waals surface area contributed by atoms with Gasteiger partial charge >= 0.3 is 6.09 Å². The number of nitrogens with zero attached hydrogens (tertiary/aromatic N) is 7. The van der Waals surface area contributed by atoms with Gasteiger partial charge in [-0.15, -0.1) is 0 Å². The molecule has 1 aliphatic heterocycles. The second kappa shape index (κ2) is 11.7. The van der Waals surface area contributed by atoms with E-state index in [0.29, 0.717) is 79.3 Å². The van der Waals surface area contributed by atoms with Gasteiger partial charge in [0.2, 0.25) is 17.6 Å². The first-order valence-corrected chi connectivity index (χ1v) is 13.4. The Hall–Kier alpha value is -5.20. The highest BCUT2D eigenvalue weighted by molar-refractivity contribution is 5.76. The molecule has 0 atom stereocenters. The van der Waals surface area contributed by atoms with Crippen LogP contribution in [-0.4, -0.2) is 73.1 Å². The van der Waals surface area contributed by atoms with E-state index in [0.717, 1.165) is 16.8 Å². The second-order valence-electron chi connectivity index (χ2n) is 9.92. The molecule has 1 N–H and O–H groups in total. The van der Waals surface area contributed by atoms with Crippen molar-refractivity contribution in [3.8, 4) is 28.8 Å². The van der Waals surface area contributed by atoms with Crippen molar-refractivity contribution in [1.29, 1.82) is 0 Å². The quantitative estimate of drug-likeness (QED) is 0.268. The van der Waals surface area contributed by atoms with Gasteiger partial charge in [-0.3, -0.25) is 0 Å². The molecule has 0 spiro atoms. The number of rotatable bonds is 9. The number of imidazole rings is 1. The summed E-state index contributed by atoms with van der Waals surface area (Å²) in [6, 6.07) is 11.4. The summed E-state index contributed by atoms with van der Waals surface area (Å²) in [7, 11) is 3.19. The molecule has 0 radical (unpaired) electrons. The fraction of sp³-hybridized carbons (Fsp3) is 0.310. The molecule has 1 saturated heterocycles. The van der Waals surface area contributed by atoms with Gasteiger partial charge in [-0.05, 0) is 42.7 Å². The van der Waals surface area contributed by atoms with E-state index in [9.17, 15) is 4.79 Å². The van der Waals surface area contributed by atoms with Crippen molar-refractivity contribution >= 4 is 17.3 Å². The number of ether oxygens (including phenoxy) is 3. The van der Waals surface area contributed by atoms with E-state index in [1.165, 1.54) is 4.90 Å². The predicted molar refractivity (Wildman–Crippen MR) is 150 cm³/mol. The highest BCUT2D eigenvalue weighted by atomic mass is 16.5. The molecule has 1 fully saturated rings. The fourth-order valence-electron chi connectivity index (χ4n) is 4.93. The molecule has 13 heteroatoms. The van der Waals surface area contributed by atoms with E-state index in [-0.39, 0.29) is 5.92 Å². The van der Waals surface area contributed by atoms with Gasteiger partial charge in [0.15, 0.2) is 17.1 Å². The first-order chi connectivity index (χ1) is 20.5. The molecule has 13 nitrogen and oxygen atoms in total. The number of methoxy groups -OCH3 is 2. The van der Waals surface area contributed by atoms with Gasteiger partial charge in [-0.2, -0.15) is 4.98 Å². The van der Waals surface area contributed by atoms with Crippen molar-refractivity contribution in [3.63, 3.8) is 0 Å². The number of carbonyl (C=O) groups is 1. The Kier molecular flexibility index (Phi) is 7.54. The average Bonchev–Trinajstić information content (AvgIpc) is 3.68. The topological polar surface area (TPSA) is 151 Å². The highest BCUT2D eigenvalue weighted by Crippen LogP contribution is 2.31. The van der Waals surface area contributed by atoms with Crippen LogP contribution in [0, 0.1) is 0 Å². The molecule has 4 aromatic heterocycles. The highest BCUT2D eigenvalue weighted by Gasteiger charge is 2.27. The first kappa shape index (κ1) is 27.0. The van der Waals surface area contributed by atoms with Crippen molar-refractivity contribution in [3.05, 3.63) is 72.1 Å². The monoisotopic (exact) mass is 571 g/mol. The zero-order valence-electron chi connectivity index (χ0n) is 23.1. The van der Waals surface area contributed by atoms with Crippen LogP contribution in [0.2, 0.25) is 0 Å². The van der Waals surface area contributed by atoms with E-state index in [2.05, 4.69) is 25.1 Å². The third-order valence-corrected chi connectivity index (χ3v) is 7.25. The lowest BCUT2D eigenvalue weighted by Gasteiger charge is -2.27. The number of hydrogen-bond acceptors (Lipinski definition) is 10. The average molecular weight is 572 g/mol. The van der Waals surface area contributed by atoms with Crippen molar-refractivity contribution < 1.29 is 28.6 Å². The minimum atomic E-state index is -0.901. The number of aromatic nitrogens is 6. The molecule has 0 saturated carbocycles. The summed E-state index contributed by atoms with van der Waals surface area (Å²) in [5.41, 5.74) is 4.02. The molecule has 6 rings (SSSR count). The van der Waals surface area contributed by atoms with Crippen molar-refractivity contribution in [2.24, 2.45) is 0 Å². The van der Waals surface area contributed by atoms with E-state index in [1.807, 2.05) is 34.9 Å². The Morgan fingerprint density at radius 2 is 1.83 bits per heavy atom. The molecule has 42 heavy (non-hydrogen) atoms. The summed E-state index contributed by atoms with van der Waals surface area (Å²) in [5.74, 6) is 2.78. The van der Waals surface area contributed by atoms with Crippen LogP contribution in [0.4, 0.5) is 4.79 Å². The third-order valence-electron chi connectivity index (χ3n) is 7.25. The summed E-state index contributed by atoms with van der Waals surface area (Å²) in [5, 5.41) is 13.3. The number of piperidine rings is 1. The number of likely N-dealkylation sites (tertiary alicyclic amines) is 1. The van der Waals surface area contributed by atoms with E-state index >= 15 is 0 Å². The Bertz CT molecular complexity index is 1690. The third kappa shape index (κ3) is 5.66. The van der Waals surface area contributed by atoms with Gasteiger partial charge in [0, 0.05) is 48.6 Å². The lowest BCUT2D eigenvalue weighted by molar-refractivity contribution is 0.128. The molecular weight excluding hydrogens is 542 g/mol. The van der Waals surface area contributed by atoms with Crippen LogP contribution < -0.4 is 14.2 Å². The maximum absolute atomic E-state index is 11.2. The largest absolute Gasteiger partial charge is 0.493 e. The summed E-state index contributed by atoms with van der Waals surface area (Å²) in [6.45, 7) is 1.78. The van der Waals surface area contributed by atoms with Crippen LogP contribution in [0.15, 0.2) is 59.6 Å². The Balaban J connectivity index is 1.13. The maximum atomic E-state index is 11.2. The van der Waals surface area contributed by atoms with Crippen LogP contribution in [0.1, 0.15) is 35.8 Å². The molecule has 1 aromatic carbocycles. The maximum Gasteiger partial charge on any atom is 0.407 e. The molecule has 0 bridgehead atoms. The standard InChI is InChI=1S/C29H29N7O6/c1-39-24-11-18(3-5-23(24)41-16-19-4-6-25(40-2)30-13-19)15-36-17-32-22-12-21(14-31-27(22)36)26-33-28(42-34-26)20-7-9-35(10-8-20)29(37)38/h3-6,11-14,17,20H,7-10,15-16H2,1-2H3,(H,37,38). The smallest absolute Gasteiger partial charge is 0.407 e. The van der Waals surface area contributed by atoms with Crippen LogP contribution in [0.5, 0.6) is 17.4 Å². The normalized spacial score (nSPS) is 13.8. The summed E-state index contributed by atoms with van der Waals surface area (Å²) < 4.78 is 24.1. The SMILES string of the molecule is COc1ccc(COc2ccc(Cn3cnc4cc(-c5noc(C6CCN(C(=O)O)CC6)n5)cnc43)cc2OC)cn1. The zero-order valence-corrected chi connectivity index (χ0v) is 23.1. The van der Waals surface area contributed by atoms with Gasteiger partial charge in [-0.25, -0.2) is 19.7 Å². The van der Waals surface area contributed by atoms with Gasteiger partial charge in [0.25, 0.3) is 0 Å². The van der Waals surface area contributed by atoms with E-state index in [1.54, 1.807) is 39.0 Å². The molecule has 0 aliphatic carbocycles. The number of pyridine rings is 2. The van der Waals surface area contributed by atoms with Crippen LogP contribution in [0.25, 0.3) is 22.6 Å². The van der Waals surface area contributed by atoms with Crippen LogP contribution in [0.3, 0.4) is 0 Å². The number of fused-ring (bicyclic) bond motifs is 1. The number of benzene rings is 1.